The van der Waals surface area contributed by atoms with E-state index in [2.05, 4.69) is 4.99 Å². The minimum Gasteiger partial charge on any atom is -0.465 e. The van der Waals surface area contributed by atoms with Gasteiger partial charge < -0.3 is 15.2 Å². The van der Waals surface area contributed by atoms with Crippen LogP contribution < -0.4 is 5.73 Å². The Bertz CT molecular complexity index is 513. The van der Waals surface area contributed by atoms with Gasteiger partial charge in [0, 0.05) is 12.4 Å². The summed E-state index contributed by atoms with van der Waals surface area (Å²) in [5.41, 5.74) is 7.45. The fourth-order valence-electron chi connectivity index (χ4n) is 2.09. The van der Waals surface area contributed by atoms with Crippen LogP contribution >= 0.6 is 11.8 Å². The highest BCUT2D eigenvalue weighted by atomic mass is 32.2. The Morgan fingerprint density at radius 1 is 1.57 bits per heavy atom. The molecule has 2 rings (SSSR count). The Hall–Kier alpha value is -1.53. The van der Waals surface area contributed by atoms with E-state index in [1.807, 2.05) is 18.2 Å². The molecule has 0 unspecified atom stereocenters. The third-order valence-electron chi connectivity index (χ3n) is 3.21. The Kier molecular flexibility index (Phi) is 6.07. The lowest BCUT2D eigenvalue weighted by molar-refractivity contribution is 0.0600. The lowest BCUT2D eigenvalue weighted by atomic mass is 10.1. The summed E-state index contributed by atoms with van der Waals surface area (Å²) in [5.74, 6) is 0.341. The molecule has 6 heteroatoms. The van der Waals surface area contributed by atoms with Crippen LogP contribution in [0.25, 0.3) is 0 Å². The quantitative estimate of drug-likeness (QED) is 0.513. The third kappa shape index (κ3) is 5.06. The van der Waals surface area contributed by atoms with Crippen molar-refractivity contribution < 1.29 is 14.3 Å². The van der Waals surface area contributed by atoms with Crippen LogP contribution in [0.2, 0.25) is 0 Å². The number of ether oxygens (including phenoxy) is 2. The zero-order valence-corrected chi connectivity index (χ0v) is 12.9. The van der Waals surface area contributed by atoms with Crippen LogP contribution in [0, 0.1) is 0 Å². The minimum absolute atomic E-state index is 0.215. The molecular weight excluding hydrogens is 288 g/mol. The van der Waals surface area contributed by atoms with Crippen LogP contribution in [0.5, 0.6) is 0 Å². The van der Waals surface area contributed by atoms with Crippen molar-refractivity contribution in [2.45, 2.75) is 24.7 Å². The largest absolute Gasteiger partial charge is 0.465 e. The number of carbonyl (C=O) groups is 1. The number of thioether (sulfide) groups is 1. The predicted molar refractivity (Wildman–Crippen MR) is 84.5 cm³/mol. The number of rotatable bonds is 5. The maximum Gasteiger partial charge on any atom is 0.337 e. The second-order valence-corrected chi connectivity index (χ2v) is 5.79. The van der Waals surface area contributed by atoms with Crippen molar-refractivity contribution in [1.29, 1.82) is 0 Å². The SMILES string of the molecule is COC(=O)c1cccc(CSC(N)=NC[C@H]2CCCO2)c1. The van der Waals surface area contributed by atoms with Gasteiger partial charge in [0.1, 0.15) is 0 Å². The van der Waals surface area contributed by atoms with Crippen LogP contribution in [0.4, 0.5) is 0 Å². The second kappa shape index (κ2) is 8.05. The lowest BCUT2D eigenvalue weighted by Gasteiger charge is -2.07. The molecule has 1 heterocycles. The number of nitrogens with two attached hydrogens (primary N) is 1. The van der Waals surface area contributed by atoms with Crippen molar-refractivity contribution in [1.82, 2.24) is 0 Å². The fourth-order valence-corrected chi connectivity index (χ4v) is 2.75. The Morgan fingerprint density at radius 2 is 2.43 bits per heavy atom. The first kappa shape index (κ1) is 15.9. The number of nitrogens with zero attached hydrogens (tertiary/aromatic N) is 1. The summed E-state index contributed by atoms with van der Waals surface area (Å²) in [6.45, 7) is 1.45. The molecule has 21 heavy (non-hydrogen) atoms. The zero-order chi connectivity index (χ0) is 15.1. The van der Waals surface area contributed by atoms with Crippen molar-refractivity contribution in [3.05, 3.63) is 35.4 Å². The smallest absolute Gasteiger partial charge is 0.337 e. The average Bonchev–Trinajstić information content (AvgIpc) is 3.04. The van der Waals surface area contributed by atoms with E-state index in [1.54, 1.807) is 6.07 Å². The standard InChI is InChI=1S/C15H20N2O3S/c1-19-14(18)12-5-2-4-11(8-12)10-21-15(16)17-9-13-6-3-7-20-13/h2,4-5,8,13H,3,6-7,9-10H2,1H3,(H2,16,17)/t13-/m1/s1. The fraction of sp³-hybridized carbons (Fsp3) is 0.467. The van der Waals surface area contributed by atoms with Gasteiger partial charge in [-0.1, -0.05) is 23.9 Å². The molecule has 0 spiro atoms. The van der Waals surface area contributed by atoms with Crippen molar-refractivity contribution >= 4 is 22.9 Å². The van der Waals surface area contributed by atoms with Crippen LogP contribution in [0.1, 0.15) is 28.8 Å². The van der Waals surface area contributed by atoms with Gasteiger partial charge >= 0.3 is 5.97 Å². The molecule has 0 aliphatic carbocycles. The van der Waals surface area contributed by atoms with E-state index in [0.717, 1.165) is 25.0 Å². The van der Waals surface area contributed by atoms with Gasteiger partial charge in [-0.25, -0.2) is 4.79 Å². The molecule has 0 saturated carbocycles. The number of aliphatic imine (C=N–C) groups is 1. The highest BCUT2D eigenvalue weighted by Crippen LogP contribution is 2.16. The molecule has 1 aromatic rings. The van der Waals surface area contributed by atoms with Crippen LogP contribution in [-0.4, -0.2) is 37.5 Å². The molecule has 0 amide bonds. The number of methoxy groups -OCH3 is 1. The van der Waals surface area contributed by atoms with E-state index in [0.29, 0.717) is 23.0 Å². The highest BCUT2D eigenvalue weighted by Gasteiger charge is 2.14. The van der Waals surface area contributed by atoms with Gasteiger partial charge in [0.05, 0.1) is 25.3 Å². The van der Waals surface area contributed by atoms with Crippen LogP contribution in [0.3, 0.4) is 0 Å². The number of amidine groups is 1. The molecule has 1 aliphatic heterocycles. The summed E-state index contributed by atoms with van der Waals surface area (Å²) in [7, 11) is 1.37. The normalized spacial score (nSPS) is 18.7. The Morgan fingerprint density at radius 3 is 3.14 bits per heavy atom. The molecule has 1 aromatic carbocycles. The number of carbonyl (C=O) groups excluding carboxylic acids is 1. The topological polar surface area (TPSA) is 73.9 Å². The first-order valence-corrected chi connectivity index (χ1v) is 7.89. The van der Waals surface area contributed by atoms with Gasteiger partial charge in [0.15, 0.2) is 5.17 Å². The molecular formula is C15H20N2O3S. The summed E-state index contributed by atoms with van der Waals surface area (Å²) in [4.78, 5) is 15.8. The summed E-state index contributed by atoms with van der Waals surface area (Å²) in [5, 5.41) is 0.550. The summed E-state index contributed by atoms with van der Waals surface area (Å²) in [6.07, 6.45) is 2.38. The molecule has 1 aliphatic rings. The average molecular weight is 308 g/mol. The van der Waals surface area contributed by atoms with E-state index >= 15 is 0 Å². The lowest BCUT2D eigenvalue weighted by Crippen LogP contribution is -2.14. The van der Waals surface area contributed by atoms with Gasteiger partial charge in [-0.3, -0.25) is 4.99 Å². The summed E-state index contributed by atoms with van der Waals surface area (Å²) < 4.78 is 10.2. The molecule has 114 valence electrons. The maximum absolute atomic E-state index is 11.5. The monoisotopic (exact) mass is 308 g/mol. The molecule has 1 fully saturated rings. The molecule has 2 N–H and O–H groups in total. The van der Waals surface area contributed by atoms with Crippen LogP contribution in [0.15, 0.2) is 29.3 Å². The number of esters is 1. The van der Waals surface area contributed by atoms with Gasteiger partial charge in [-0.2, -0.15) is 0 Å². The minimum atomic E-state index is -0.332. The molecule has 0 radical (unpaired) electrons. The Balaban J connectivity index is 1.84. The third-order valence-corrected chi connectivity index (χ3v) is 4.11. The number of hydrogen-bond donors (Lipinski definition) is 1. The van der Waals surface area contributed by atoms with Crippen LogP contribution in [-0.2, 0) is 15.2 Å². The first-order chi connectivity index (χ1) is 10.2. The van der Waals surface area contributed by atoms with E-state index in [4.69, 9.17) is 15.2 Å². The van der Waals surface area contributed by atoms with E-state index in [1.165, 1.54) is 18.9 Å². The summed E-state index contributed by atoms with van der Waals surface area (Å²) in [6, 6.07) is 7.33. The van der Waals surface area contributed by atoms with Gasteiger partial charge in [0.25, 0.3) is 0 Å². The van der Waals surface area contributed by atoms with Crippen molar-refractivity contribution in [3.63, 3.8) is 0 Å². The molecule has 1 saturated heterocycles. The van der Waals surface area contributed by atoms with Crippen molar-refractivity contribution in [3.8, 4) is 0 Å². The van der Waals surface area contributed by atoms with Gasteiger partial charge in [-0.15, -0.1) is 0 Å². The highest BCUT2D eigenvalue weighted by molar-refractivity contribution is 8.13. The molecule has 0 bridgehead atoms. The molecule has 5 nitrogen and oxygen atoms in total. The number of hydrogen-bond acceptors (Lipinski definition) is 5. The second-order valence-electron chi connectivity index (χ2n) is 4.79. The molecule has 1 atom stereocenters. The maximum atomic E-state index is 11.5. The first-order valence-electron chi connectivity index (χ1n) is 6.90. The van der Waals surface area contributed by atoms with Crippen molar-refractivity contribution in [2.24, 2.45) is 10.7 Å². The van der Waals surface area contributed by atoms with Gasteiger partial charge in [-0.05, 0) is 30.5 Å². The Labute approximate surface area is 128 Å². The van der Waals surface area contributed by atoms with E-state index in [-0.39, 0.29) is 12.1 Å². The molecule has 0 aromatic heterocycles. The van der Waals surface area contributed by atoms with E-state index in [9.17, 15) is 4.79 Å². The number of benzene rings is 1. The predicted octanol–water partition coefficient (Wildman–Crippen LogP) is 2.20. The summed E-state index contributed by atoms with van der Waals surface area (Å²) >= 11 is 1.46. The zero-order valence-electron chi connectivity index (χ0n) is 12.1. The van der Waals surface area contributed by atoms with Crippen molar-refractivity contribution in [2.75, 3.05) is 20.3 Å². The van der Waals surface area contributed by atoms with Gasteiger partial charge in [0.2, 0.25) is 0 Å². The van der Waals surface area contributed by atoms with E-state index < -0.39 is 0 Å².